The monoisotopic (exact) mass is 370 g/mol. The first kappa shape index (κ1) is 14.0. The molecule has 7 heteroatoms. The van der Waals surface area contributed by atoms with E-state index in [9.17, 15) is 0 Å². The molecule has 4 nitrogen and oxygen atoms in total. The van der Waals surface area contributed by atoms with E-state index in [1.807, 2.05) is 13.0 Å². The van der Waals surface area contributed by atoms with Gasteiger partial charge in [0.15, 0.2) is 5.65 Å². The molecule has 0 aromatic carbocycles. The second kappa shape index (κ2) is 5.42. The van der Waals surface area contributed by atoms with Gasteiger partial charge in [-0.05, 0) is 35.8 Å². The molecule has 3 aromatic heterocycles. The van der Waals surface area contributed by atoms with Gasteiger partial charge in [0.25, 0.3) is 0 Å². The van der Waals surface area contributed by atoms with E-state index in [0.717, 1.165) is 32.2 Å². The number of hydrogen-bond acceptors (Lipinski definition) is 4. The van der Waals surface area contributed by atoms with Crippen LogP contribution in [0.3, 0.4) is 0 Å². The van der Waals surface area contributed by atoms with Crippen LogP contribution in [0.15, 0.2) is 22.1 Å². The van der Waals surface area contributed by atoms with Crippen LogP contribution in [0.2, 0.25) is 0 Å². The van der Waals surface area contributed by atoms with Crippen LogP contribution >= 0.6 is 38.9 Å². The van der Waals surface area contributed by atoms with Crippen molar-refractivity contribution in [3.8, 4) is 0 Å². The van der Waals surface area contributed by atoms with Crippen LogP contribution in [0.25, 0.3) is 11.2 Å². The Morgan fingerprint density at radius 1 is 1.45 bits per heavy atom. The van der Waals surface area contributed by atoms with Gasteiger partial charge in [-0.3, -0.25) is 0 Å². The number of halogens is 2. The van der Waals surface area contributed by atoms with E-state index in [4.69, 9.17) is 11.6 Å². The highest BCUT2D eigenvalue weighted by molar-refractivity contribution is 9.10. The third-order valence-electron chi connectivity index (χ3n) is 3.07. The van der Waals surface area contributed by atoms with Gasteiger partial charge in [0.05, 0.1) is 11.9 Å². The Balaban J connectivity index is 2.18. The molecule has 1 unspecified atom stereocenters. The molecule has 0 aliphatic carbocycles. The Morgan fingerprint density at radius 3 is 2.90 bits per heavy atom. The van der Waals surface area contributed by atoms with Gasteiger partial charge in [0.2, 0.25) is 0 Å². The number of aryl methyl sites for hydroxylation is 1. The molecular formula is C13H12BrClN4S. The van der Waals surface area contributed by atoms with Crippen LogP contribution in [-0.4, -0.2) is 19.5 Å². The van der Waals surface area contributed by atoms with Crippen molar-refractivity contribution in [3.63, 3.8) is 0 Å². The van der Waals surface area contributed by atoms with Crippen molar-refractivity contribution in [1.29, 1.82) is 0 Å². The number of nitrogens with zero attached hydrogens (tertiary/aromatic N) is 4. The highest BCUT2D eigenvalue weighted by Gasteiger charge is 2.20. The zero-order valence-corrected chi connectivity index (χ0v) is 14.1. The molecule has 104 valence electrons. The van der Waals surface area contributed by atoms with Crippen LogP contribution in [0.1, 0.15) is 29.5 Å². The topological polar surface area (TPSA) is 43.6 Å². The molecule has 1 atom stereocenters. The summed E-state index contributed by atoms with van der Waals surface area (Å²) in [5, 5.41) is 3.09. The molecule has 0 fully saturated rings. The standard InChI is InChI=1S/C13H12BrClN4S/c1-7-6-20-13(17-7)8(2)19-11(4-15)18-10-3-9(14)5-16-12(10)19/h3,5-6,8H,4H2,1-2H3. The number of alkyl halides is 1. The lowest BCUT2D eigenvalue weighted by atomic mass is 10.3. The Kier molecular flexibility index (Phi) is 3.79. The number of thiazole rings is 1. The van der Waals surface area contributed by atoms with E-state index in [1.165, 1.54) is 0 Å². The quantitative estimate of drug-likeness (QED) is 0.644. The van der Waals surface area contributed by atoms with Crippen molar-refractivity contribution < 1.29 is 0 Å². The van der Waals surface area contributed by atoms with E-state index in [2.05, 4.69) is 47.8 Å². The van der Waals surface area contributed by atoms with Crippen LogP contribution in [-0.2, 0) is 5.88 Å². The average Bonchev–Trinajstić information content (AvgIpc) is 3.00. The number of hydrogen-bond donors (Lipinski definition) is 0. The second-order valence-electron chi connectivity index (χ2n) is 4.53. The van der Waals surface area contributed by atoms with Gasteiger partial charge >= 0.3 is 0 Å². The minimum Gasteiger partial charge on any atom is -0.302 e. The van der Waals surface area contributed by atoms with Crippen molar-refractivity contribution >= 4 is 50.0 Å². The normalized spacial score (nSPS) is 13.0. The van der Waals surface area contributed by atoms with Crippen molar-refractivity contribution in [2.75, 3.05) is 0 Å². The van der Waals surface area contributed by atoms with E-state index in [0.29, 0.717) is 5.88 Å². The van der Waals surface area contributed by atoms with Gasteiger partial charge in [0.1, 0.15) is 16.3 Å². The van der Waals surface area contributed by atoms with Gasteiger partial charge in [-0.25, -0.2) is 15.0 Å². The number of pyridine rings is 1. The predicted molar refractivity (Wildman–Crippen MR) is 85.4 cm³/mol. The Morgan fingerprint density at radius 2 is 2.25 bits per heavy atom. The van der Waals surface area contributed by atoms with E-state index < -0.39 is 0 Å². The Bertz CT molecular complexity index is 767. The molecule has 0 saturated carbocycles. The van der Waals surface area contributed by atoms with Gasteiger partial charge in [-0.1, -0.05) is 0 Å². The molecule has 3 aromatic rings. The van der Waals surface area contributed by atoms with Crippen molar-refractivity contribution in [3.05, 3.63) is 38.6 Å². The van der Waals surface area contributed by atoms with Gasteiger partial charge in [-0.2, -0.15) is 0 Å². The van der Waals surface area contributed by atoms with Gasteiger partial charge in [-0.15, -0.1) is 22.9 Å². The summed E-state index contributed by atoms with van der Waals surface area (Å²) in [5.74, 6) is 1.16. The van der Waals surface area contributed by atoms with E-state index in [1.54, 1.807) is 17.5 Å². The smallest absolute Gasteiger partial charge is 0.160 e. The van der Waals surface area contributed by atoms with Crippen LogP contribution in [0, 0.1) is 6.92 Å². The summed E-state index contributed by atoms with van der Waals surface area (Å²) in [5.41, 5.74) is 2.71. The lowest BCUT2D eigenvalue weighted by Crippen LogP contribution is -2.10. The third kappa shape index (κ3) is 2.36. The first-order chi connectivity index (χ1) is 9.60. The fourth-order valence-corrected chi connectivity index (χ4v) is 3.53. The molecule has 0 amide bonds. The summed E-state index contributed by atoms with van der Waals surface area (Å²) in [6, 6.07) is 2.02. The van der Waals surface area contributed by atoms with Crippen LogP contribution < -0.4 is 0 Å². The number of rotatable bonds is 3. The summed E-state index contributed by atoms with van der Waals surface area (Å²) in [7, 11) is 0. The van der Waals surface area contributed by atoms with Crippen molar-refractivity contribution in [2.45, 2.75) is 25.8 Å². The minimum absolute atomic E-state index is 0.0705. The molecule has 0 radical (unpaired) electrons. The molecule has 0 saturated heterocycles. The second-order valence-corrected chi connectivity index (χ2v) is 6.60. The van der Waals surface area contributed by atoms with Crippen LogP contribution in [0.4, 0.5) is 0 Å². The van der Waals surface area contributed by atoms with Gasteiger partial charge in [0, 0.05) is 21.7 Å². The first-order valence-corrected chi connectivity index (χ1v) is 8.31. The average molecular weight is 372 g/mol. The summed E-state index contributed by atoms with van der Waals surface area (Å²) in [6.45, 7) is 4.09. The maximum Gasteiger partial charge on any atom is 0.160 e. The van der Waals surface area contributed by atoms with Gasteiger partial charge < -0.3 is 4.57 Å². The molecule has 3 rings (SSSR count). The minimum atomic E-state index is 0.0705. The molecular weight excluding hydrogens is 360 g/mol. The molecule has 0 aliphatic heterocycles. The van der Waals surface area contributed by atoms with E-state index >= 15 is 0 Å². The summed E-state index contributed by atoms with van der Waals surface area (Å²) >= 11 is 11.1. The maximum absolute atomic E-state index is 6.04. The number of aromatic nitrogens is 4. The Hall–Kier alpha value is -0.980. The fraction of sp³-hybridized carbons (Fsp3) is 0.308. The third-order valence-corrected chi connectivity index (χ3v) is 4.88. The largest absolute Gasteiger partial charge is 0.302 e. The molecule has 20 heavy (non-hydrogen) atoms. The predicted octanol–water partition coefficient (Wildman–Crippen LogP) is 4.31. The molecule has 0 aliphatic rings. The zero-order valence-electron chi connectivity index (χ0n) is 11.0. The van der Waals surface area contributed by atoms with Crippen LogP contribution in [0.5, 0.6) is 0 Å². The summed E-state index contributed by atoms with van der Waals surface area (Å²) in [4.78, 5) is 13.6. The van der Waals surface area contributed by atoms with Crippen molar-refractivity contribution in [1.82, 2.24) is 19.5 Å². The molecule has 0 bridgehead atoms. The summed E-state index contributed by atoms with van der Waals surface area (Å²) < 4.78 is 2.97. The molecule has 3 heterocycles. The maximum atomic E-state index is 6.04. The molecule has 0 N–H and O–H groups in total. The zero-order chi connectivity index (χ0) is 14.3. The highest BCUT2D eigenvalue weighted by atomic mass is 79.9. The number of imidazole rings is 1. The molecule has 0 spiro atoms. The summed E-state index contributed by atoms with van der Waals surface area (Å²) in [6.07, 6.45) is 1.78. The number of fused-ring (bicyclic) bond motifs is 1. The highest BCUT2D eigenvalue weighted by Crippen LogP contribution is 2.28. The van der Waals surface area contributed by atoms with Crippen molar-refractivity contribution in [2.24, 2.45) is 0 Å². The first-order valence-electron chi connectivity index (χ1n) is 6.10. The SMILES string of the molecule is Cc1csc(C(C)n2c(CCl)nc3cc(Br)cnc32)n1. The fourth-order valence-electron chi connectivity index (χ4n) is 2.18. The van der Waals surface area contributed by atoms with E-state index in [-0.39, 0.29) is 6.04 Å². The Labute approximate surface area is 134 Å². The lowest BCUT2D eigenvalue weighted by Gasteiger charge is -2.13. The lowest BCUT2D eigenvalue weighted by molar-refractivity contribution is 0.624.